The molecule has 0 aromatic heterocycles. The second kappa shape index (κ2) is 7.37. The van der Waals surface area contributed by atoms with E-state index in [2.05, 4.69) is 16.0 Å². The van der Waals surface area contributed by atoms with Crippen LogP contribution in [0.25, 0.3) is 0 Å². The first-order valence-corrected chi connectivity index (χ1v) is 9.32. The number of hydrogen-bond acceptors (Lipinski definition) is 4. The highest BCUT2D eigenvalue weighted by molar-refractivity contribution is 7.91. The summed E-state index contributed by atoms with van der Waals surface area (Å²) in [7, 11) is -3.07. The zero-order valence-electron chi connectivity index (χ0n) is 11.9. The van der Waals surface area contributed by atoms with Gasteiger partial charge in [-0.25, -0.2) is 13.2 Å². The molecule has 0 aliphatic carbocycles. The summed E-state index contributed by atoms with van der Waals surface area (Å²) in [4.78, 5) is 23.4. The van der Waals surface area contributed by atoms with Gasteiger partial charge in [0, 0.05) is 11.7 Å². The topological polar surface area (TPSA) is 104 Å². The Morgan fingerprint density at radius 1 is 1.22 bits per heavy atom. The first kappa shape index (κ1) is 17.8. The molecule has 3 amide bonds. The highest BCUT2D eigenvalue weighted by Crippen LogP contribution is 2.24. The third kappa shape index (κ3) is 5.56. The van der Waals surface area contributed by atoms with Crippen LogP contribution in [0, 0.1) is 0 Å². The Labute approximate surface area is 143 Å². The average Bonchev–Trinajstić information content (AvgIpc) is 2.80. The van der Waals surface area contributed by atoms with Crippen molar-refractivity contribution in [2.45, 2.75) is 12.5 Å². The Morgan fingerprint density at radius 2 is 1.96 bits per heavy atom. The Kier molecular flexibility index (Phi) is 5.72. The molecule has 7 nitrogen and oxygen atoms in total. The predicted octanol–water partition coefficient (Wildman–Crippen LogP) is 1.42. The number of rotatable bonds is 4. The molecule has 3 N–H and O–H groups in total. The van der Waals surface area contributed by atoms with E-state index < -0.39 is 27.8 Å². The molecule has 0 unspecified atom stereocenters. The van der Waals surface area contributed by atoms with Gasteiger partial charge in [-0.2, -0.15) is 0 Å². The number of nitrogens with one attached hydrogen (secondary N) is 3. The molecule has 0 radical (unpaired) electrons. The van der Waals surface area contributed by atoms with Gasteiger partial charge < -0.3 is 16.0 Å². The van der Waals surface area contributed by atoms with E-state index in [0.29, 0.717) is 22.2 Å². The van der Waals surface area contributed by atoms with Gasteiger partial charge in [0.15, 0.2) is 9.84 Å². The monoisotopic (exact) mass is 379 g/mol. The van der Waals surface area contributed by atoms with E-state index in [1.807, 2.05) is 0 Å². The van der Waals surface area contributed by atoms with Crippen molar-refractivity contribution in [3.05, 3.63) is 28.2 Å². The van der Waals surface area contributed by atoms with E-state index in [9.17, 15) is 18.0 Å². The summed E-state index contributed by atoms with van der Waals surface area (Å²) >= 11 is 11.6. The lowest BCUT2D eigenvalue weighted by atomic mass is 10.3. The molecule has 0 saturated carbocycles. The number of benzene rings is 1. The number of urea groups is 1. The third-order valence-corrected chi connectivity index (χ3v) is 5.69. The normalized spacial score (nSPS) is 19.1. The molecule has 126 valence electrons. The number of carbonyl (C=O) groups is 2. The molecule has 0 spiro atoms. The summed E-state index contributed by atoms with van der Waals surface area (Å²) in [6.07, 6.45) is 0.380. The maximum Gasteiger partial charge on any atom is 0.315 e. The fourth-order valence-corrected chi connectivity index (χ4v) is 4.06. The highest BCUT2D eigenvalue weighted by Gasteiger charge is 2.28. The van der Waals surface area contributed by atoms with Crippen molar-refractivity contribution in [1.29, 1.82) is 0 Å². The molecule has 1 aromatic rings. The Hall–Kier alpha value is -1.51. The van der Waals surface area contributed by atoms with Crippen LogP contribution in [0.15, 0.2) is 18.2 Å². The maximum atomic E-state index is 11.7. The van der Waals surface area contributed by atoms with Gasteiger partial charge in [0.25, 0.3) is 0 Å². The quantitative estimate of drug-likeness (QED) is 0.735. The SMILES string of the molecule is O=C(CNC(=O)N[C@@H]1CCS(=O)(=O)C1)Nc1ccc(Cl)c(Cl)c1. The number of halogens is 2. The Balaban J connectivity index is 1.75. The van der Waals surface area contributed by atoms with Crippen molar-refractivity contribution < 1.29 is 18.0 Å². The van der Waals surface area contributed by atoms with Gasteiger partial charge in [-0.3, -0.25) is 4.79 Å². The second-order valence-corrected chi connectivity index (χ2v) is 8.15. The van der Waals surface area contributed by atoms with E-state index in [4.69, 9.17) is 23.2 Å². The van der Waals surface area contributed by atoms with E-state index in [1.54, 1.807) is 12.1 Å². The van der Waals surface area contributed by atoms with Crippen LogP contribution in [0.3, 0.4) is 0 Å². The van der Waals surface area contributed by atoms with Crippen LogP contribution in [0.5, 0.6) is 0 Å². The van der Waals surface area contributed by atoms with Gasteiger partial charge in [0.05, 0.1) is 28.1 Å². The molecular formula is C13H15Cl2N3O4S. The molecule has 2 rings (SSSR count). The fraction of sp³-hybridized carbons (Fsp3) is 0.385. The summed E-state index contributed by atoms with van der Waals surface area (Å²) in [6, 6.07) is 3.61. The highest BCUT2D eigenvalue weighted by atomic mass is 35.5. The molecule has 1 aliphatic rings. The molecule has 1 saturated heterocycles. The fourth-order valence-electron chi connectivity index (χ4n) is 2.08. The van der Waals surface area contributed by atoms with E-state index in [1.165, 1.54) is 6.07 Å². The number of carbonyl (C=O) groups excluding carboxylic acids is 2. The molecule has 1 heterocycles. The summed E-state index contributed by atoms with van der Waals surface area (Å²) in [6.45, 7) is -0.258. The van der Waals surface area contributed by atoms with Crippen LogP contribution in [-0.4, -0.2) is 44.4 Å². The summed E-state index contributed by atoms with van der Waals surface area (Å²) in [5.74, 6) is -0.455. The standard InChI is InChI=1S/C13H15Cl2N3O4S/c14-10-2-1-8(5-11(10)15)17-12(19)6-16-13(20)18-9-3-4-23(21,22)7-9/h1-2,5,9H,3-4,6-7H2,(H,17,19)(H2,16,18,20)/t9-/m1/s1. The van der Waals surface area contributed by atoms with Gasteiger partial charge in [-0.1, -0.05) is 23.2 Å². The number of hydrogen-bond donors (Lipinski definition) is 3. The lowest BCUT2D eigenvalue weighted by molar-refractivity contribution is -0.115. The van der Waals surface area contributed by atoms with Crippen LogP contribution in [0.1, 0.15) is 6.42 Å². The first-order chi connectivity index (χ1) is 10.7. The van der Waals surface area contributed by atoms with Crippen LogP contribution in [0.4, 0.5) is 10.5 Å². The van der Waals surface area contributed by atoms with Crippen LogP contribution >= 0.6 is 23.2 Å². The van der Waals surface area contributed by atoms with Crippen molar-refractivity contribution in [1.82, 2.24) is 10.6 Å². The lowest BCUT2D eigenvalue weighted by Gasteiger charge is -2.12. The largest absolute Gasteiger partial charge is 0.334 e. The van der Waals surface area contributed by atoms with E-state index in [-0.39, 0.29) is 18.1 Å². The summed E-state index contributed by atoms with van der Waals surface area (Å²) < 4.78 is 22.6. The number of amides is 3. The van der Waals surface area contributed by atoms with E-state index in [0.717, 1.165) is 0 Å². The summed E-state index contributed by atoms with van der Waals surface area (Å²) in [5, 5.41) is 8.11. The zero-order valence-corrected chi connectivity index (χ0v) is 14.3. The Bertz CT molecular complexity index is 724. The third-order valence-electron chi connectivity index (χ3n) is 3.18. The van der Waals surface area contributed by atoms with Gasteiger partial charge in [0.1, 0.15) is 0 Å². The maximum absolute atomic E-state index is 11.7. The van der Waals surface area contributed by atoms with Crippen LogP contribution in [-0.2, 0) is 14.6 Å². The van der Waals surface area contributed by atoms with Crippen LogP contribution in [0.2, 0.25) is 10.0 Å². The molecule has 1 atom stereocenters. The van der Waals surface area contributed by atoms with Crippen molar-refractivity contribution in [3.63, 3.8) is 0 Å². The number of sulfone groups is 1. The lowest BCUT2D eigenvalue weighted by Crippen LogP contribution is -2.45. The Morgan fingerprint density at radius 3 is 2.57 bits per heavy atom. The van der Waals surface area contributed by atoms with Gasteiger partial charge >= 0.3 is 6.03 Å². The minimum atomic E-state index is -3.07. The molecular weight excluding hydrogens is 365 g/mol. The molecule has 1 fully saturated rings. The smallest absolute Gasteiger partial charge is 0.315 e. The van der Waals surface area contributed by atoms with E-state index >= 15 is 0 Å². The molecule has 10 heteroatoms. The van der Waals surface area contributed by atoms with Gasteiger partial charge in [-0.15, -0.1) is 0 Å². The summed E-state index contributed by atoms with van der Waals surface area (Å²) in [5.41, 5.74) is 0.452. The van der Waals surface area contributed by atoms with Crippen LogP contribution < -0.4 is 16.0 Å². The van der Waals surface area contributed by atoms with Gasteiger partial charge in [-0.05, 0) is 24.6 Å². The average molecular weight is 380 g/mol. The second-order valence-electron chi connectivity index (χ2n) is 5.10. The molecule has 1 aromatic carbocycles. The predicted molar refractivity (Wildman–Crippen MR) is 88.7 cm³/mol. The van der Waals surface area contributed by atoms with Crippen molar-refractivity contribution >= 4 is 50.7 Å². The van der Waals surface area contributed by atoms with Crippen molar-refractivity contribution in [3.8, 4) is 0 Å². The van der Waals surface area contributed by atoms with Crippen molar-refractivity contribution in [2.24, 2.45) is 0 Å². The minimum absolute atomic E-state index is 0.0652. The van der Waals surface area contributed by atoms with Gasteiger partial charge in [0.2, 0.25) is 5.91 Å². The first-order valence-electron chi connectivity index (χ1n) is 6.75. The zero-order chi connectivity index (χ0) is 17.0. The molecule has 1 aliphatic heterocycles. The molecule has 23 heavy (non-hydrogen) atoms. The molecule has 0 bridgehead atoms. The minimum Gasteiger partial charge on any atom is -0.334 e. The van der Waals surface area contributed by atoms with Crippen molar-refractivity contribution in [2.75, 3.05) is 23.4 Å². The number of anilines is 1.